The van der Waals surface area contributed by atoms with Gasteiger partial charge in [0.2, 0.25) is 0 Å². The van der Waals surface area contributed by atoms with Gasteiger partial charge in [0.1, 0.15) is 0 Å². The molecule has 1 fully saturated rings. The number of benzene rings is 2. The van der Waals surface area contributed by atoms with Crippen LogP contribution >= 0.6 is 11.3 Å². The summed E-state index contributed by atoms with van der Waals surface area (Å²) in [4.78, 5) is 33.5. The van der Waals surface area contributed by atoms with Gasteiger partial charge < -0.3 is 4.90 Å². The number of nitro benzene ring substituents is 1. The summed E-state index contributed by atoms with van der Waals surface area (Å²) in [6.07, 6.45) is 2.01. The van der Waals surface area contributed by atoms with E-state index in [0.717, 1.165) is 46.1 Å². The van der Waals surface area contributed by atoms with Crippen LogP contribution in [-0.2, 0) is 6.54 Å². The average Bonchev–Trinajstić information content (AvgIpc) is 3.42. The van der Waals surface area contributed by atoms with Crippen molar-refractivity contribution in [2.75, 3.05) is 26.2 Å². The zero-order valence-electron chi connectivity index (χ0n) is 18.2. The Morgan fingerprint density at radius 3 is 2.52 bits per heavy atom. The molecule has 0 spiro atoms. The third-order valence-corrected chi connectivity index (χ3v) is 6.88. The first-order valence-electron chi connectivity index (χ1n) is 10.8. The number of hydrogen-bond acceptors (Lipinski definition) is 6. The molecule has 0 unspecified atom stereocenters. The van der Waals surface area contributed by atoms with E-state index in [1.54, 1.807) is 23.5 Å². The smallest absolute Gasteiger partial charge is 0.269 e. The van der Waals surface area contributed by atoms with Crippen molar-refractivity contribution in [1.82, 2.24) is 19.2 Å². The fourth-order valence-corrected chi connectivity index (χ4v) is 4.99. The van der Waals surface area contributed by atoms with Crippen molar-refractivity contribution in [3.05, 3.63) is 87.0 Å². The summed E-state index contributed by atoms with van der Waals surface area (Å²) in [5.41, 5.74) is 4.59. The molecule has 8 nitrogen and oxygen atoms in total. The van der Waals surface area contributed by atoms with Crippen LogP contribution in [0.15, 0.2) is 60.1 Å². The van der Waals surface area contributed by atoms with Gasteiger partial charge in [-0.1, -0.05) is 18.2 Å². The SMILES string of the molecule is Cc1ccccc1C(=O)N1CCN(Cc2c(-c3ccc([N+](=O)[O-])cc3)nc3sccn23)CC1. The van der Waals surface area contributed by atoms with Gasteiger partial charge in [-0.2, -0.15) is 0 Å². The van der Waals surface area contributed by atoms with Crippen molar-refractivity contribution in [1.29, 1.82) is 0 Å². The number of carbonyl (C=O) groups excluding carboxylic acids is 1. The summed E-state index contributed by atoms with van der Waals surface area (Å²) in [5.74, 6) is 0.0869. The highest BCUT2D eigenvalue weighted by Gasteiger charge is 2.25. The number of nitro groups is 1. The lowest BCUT2D eigenvalue weighted by Crippen LogP contribution is -2.48. The van der Waals surface area contributed by atoms with Gasteiger partial charge in [-0.15, -0.1) is 11.3 Å². The Hall–Kier alpha value is -3.56. The van der Waals surface area contributed by atoms with Gasteiger partial charge in [0.15, 0.2) is 4.96 Å². The van der Waals surface area contributed by atoms with E-state index in [0.29, 0.717) is 19.6 Å². The van der Waals surface area contributed by atoms with Crippen LogP contribution in [0.3, 0.4) is 0 Å². The second kappa shape index (κ2) is 8.76. The highest BCUT2D eigenvalue weighted by Crippen LogP contribution is 2.29. The van der Waals surface area contributed by atoms with E-state index in [1.165, 1.54) is 12.1 Å². The number of aromatic nitrogens is 2. The Morgan fingerprint density at radius 2 is 1.82 bits per heavy atom. The van der Waals surface area contributed by atoms with Crippen molar-refractivity contribution < 1.29 is 9.72 Å². The van der Waals surface area contributed by atoms with E-state index in [1.807, 2.05) is 47.7 Å². The third-order valence-electron chi connectivity index (χ3n) is 6.12. The van der Waals surface area contributed by atoms with Gasteiger partial charge >= 0.3 is 0 Å². The molecule has 4 aromatic rings. The minimum atomic E-state index is -0.395. The number of aryl methyl sites for hydroxylation is 1. The molecule has 168 valence electrons. The number of fused-ring (bicyclic) bond motifs is 1. The number of imidazole rings is 1. The Balaban J connectivity index is 1.33. The van der Waals surface area contributed by atoms with Crippen molar-refractivity contribution in [3.8, 4) is 11.3 Å². The fourth-order valence-electron chi connectivity index (χ4n) is 4.26. The molecule has 0 radical (unpaired) electrons. The van der Waals surface area contributed by atoms with Crippen LogP contribution in [0.25, 0.3) is 16.2 Å². The number of nitrogens with zero attached hydrogens (tertiary/aromatic N) is 5. The maximum atomic E-state index is 12.9. The van der Waals surface area contributed by atoms with Crippen LogP contribution in [0.4, 0.5) is 5.69 Å². The second-order valence-electron chi connectivity index (χ2n) is 8.15. The molecule has 0 saturated carbocycles. The molecule has 0 aliphatic carbocycles. The van der Waals surface area contributed by atoms with Gasteiger partial charge in [-0.3, -0.25) is 24.2 Å². The molecular weight excluding hydrogens is 438 g/mol. The lowest BCUT2D eigenvalue weighted by molar-refractivity contribution is -0.384. The first-order valence-corrected chi connectivity index (χ1v) is 11.7. The normalized spacial score (nSPS) is 14.6. The number of piperazine rings is 1. The molecule has 1 aliphatic heterocycles. The van der Waals surface area contributed by atoms with Gasteiger partial charge in [0, 0.05) is 67.6 Å². The number of carbonyl (C=O) groups is 1. The van der Waals surface area contributed by atoms with Crippen LogP contribution in [0.1, 0.15) is 21.6 Å². The molecule has 0 bridgehead atoms. The minimum Gasteiger partial charge on any atom is -0.336 e. The summed E-state index contributed by atoms with van der Waals surface area (Å²) >= 11 is 1.56. The van der Waals surface area contributed by atoms with E-state index in [-0.39, 0.29) is 11.6 Å². The minimum absolute atomic E-state index is 0.0655. The molecule has 5 rings (SSSR count). The first-order chi connectivity index (χ1) is 16.0. The molecule has 9 heteroatoms. The molecule has 0 atom stereocenters. The molecule has 0 N–H and O–H groups in total. The molecule has 33 heavy (non-hydrogen) atoms. The summed E-state index contributed by atoms with van der Waals surface area (Å²) in [6, 6.07) is 14.3. The number of non-ortho nitro benzene ring substituents is 1. The number of amides is 1. The largest absolute Gasteiger partial charge is 0.336 e. The first kappa shape index (κ1) is 21.3. The monoisotopic (exact) mass is 461 g/mol. The van der Waals surface area contributed by atoms with Crippen molar-refractivity contribution >= 4 is 27.9 Å². The molecule has 1 amide bonds. The summed E-state index contributed by atoms with van der Waals surface area (Å²) in [6.45, 7) is 5.55. The van der Waals surface area contributed by atoms with Crippen LogP contribution in [-0.4, -0.2) is 56.2 Å². The van der Waals surface area contributed by atoms with Gasteiger partial charge in [-0.25, -0.2) is 4.98 Å². The zero-order valence-corrected chi connectivity index (χ0v) is 19.0. The van der Waals surface area contributed by atoms with Crippen LogP contribution in [0, 0.1) is 17.0 Å². The average molecular weight is 462 g/mol. The van der Waals surface area contributed by atoms with Gasteiger partial charge in [-0.05, 0) is 30.7 Å². The van der Waals surface area contributed by atoms with E-state index < -0.39 is 4.92 Å². The third kappa shape index (κ3) is 4.12. The maximum absolute atomic E-state index is 12.9. The van der Waals surface area contributed by atoms with Crippen molar-refractivity contribution in [2.24, 2.45) is 0 Å². The van der Waals surface area contributed by atoms with Crippen molar-refractivity contribution in [2.45, 2.75) is 13.5 Å². The standard InChI is InChI=1S/C24H23N5O3S/c1-17-4-2-3-5-20(17)23(30)27-12-10-26(11-13-27)16-21-22(25-24-28(21)14-15-33-24)18-6-8-19(9-7-18)29(31)32/h2-9,14-15H,10-13,16H2,1H3. The number of thiazole rings is 1. The van der Waals surface area contributed by atoms with Crippen molar-refractivity contribution in [3.63, 3.8) is 0 Å². The predicted octanol–water partition coefficient (Wildman–Crippen LogP) is 4.24. The molecular formula is C24H23N5O3S. The predicted molar refractivity (Wildman–Crippen MR) is 128 cm³/mol. The Morgan fingerprint density at radius 1 is 1.09 bits per heavy atom. The topological polar surface area (TPSA) is 84.0 Å². The summed E-state index contributed by atoms with van der Waals surface area (Å²) in [5, 5.41) is 13.0. The van der Waals surface area contributed by atoms with E-state index >= 15 is 0 Å². The summed E-state index contributed by atoms with van der Waals surface area (Å²) < 4.78 is 2.09. The summed E-state index contributed by atoms with van der Waals surface area (Å²) in [7, 11) is 0. The van der Waals surface area contributed by atoms with E-state index in [4.69, 9.17) is 4.98 Å². The van der Waals surface area contributed by atoms with Crippen LogP contribution < -0.4 is 0 Å². The molecule has 1 aliphatic rings. The lowest BCUT2D eigenvalue weighted by Gasteiger charge is -2.35. The zero-order chi connectivity index (χ0) is 22.9. The quantitative estimate of drug-likeness (QED) is 0.328. The molecule has 3 heterocycles. The highest BCUT2D eigenvalue weighted by molar-refractivity contribution is 7.15. The molecule has 2 aromatic heterocycles. The Labute approximate surface area is 194 Å². The highest BCUT2D eigenvalue weighted by atomic mass is 32.1. The van der Waals surface area contributed by atoms with Crippen LogP contribution in [0.2, 0.25) is 0 Å². The maximum Gasteiger partial charge on any atom is 0.269 e. The lowest BCUT2D eigenvalue weighted by atomic mass is 10.1. The Bertz CT molecular complexity index is 1320. The van der Waals surface area contributed by atoms with Gasteiger partial charge in [0.05, 0.1) is 16.3 Å². The van der Waals surface area contributed by atoms with E-state index in [2.05, 4.69) is 9.30 Å². The fraction of sp³-hybridized carbons (Fsp3) is 0.250. The van der Waals surface area contributed by atoms with E-state index in [9.17, 15) is 14.9 Å². The second-order valence-corrected chi connectivity index (χ2v) is 9.02. The number of hydrogen-bond donors (Lipinski definition) is 0. The Kier molecular flexibility index (Phi) is 5.65. The molecule has 2 aromatic carbocycles. The number of rotatable bonds is 5. The molecule has 1 saturated heterocycles. The van der Waals surface area contributed by atoms with Crippen LogP contribution in [0.5, 0.6) is 0 Å². The van der Waals surface area contributed by atoms with Gasteiger partial charge in [0.25, 0.3) is 11.6 Å².